The van der Waals surface area contributed by atoms with Crippen molar-refractivity contribution in [3.8, 4) is 16.8 Å². The first-order valence-electron chi connectivity index (χ1n) is 19.6. The molecule has 0 fully saturated rings. The smallest absolute Gasteiger partial charge is 0.0621 e. The average Bonchev–Trinajstić information content (AvgIpc) is 3.88. The first kappa shape index (κ1) is 34.2. The molecule has 0 saturated heterocycles. The van der Waals surface area contributed by atoms with Crippen LogP contribution in [0, 0.1) is 0 Å². The third kappa shape index (κ3) is 5.58. The normalized spacial score (nSPS) is 14.7. The van der Waals surface area contributed by atoms with Crippen molar-refractivity contribution in [3.63, 3.8) is 0 Å². The number of allylic oxidation sites excluding steroid dienone is 6. The average molecular weight is 732 g/mol. The van der Waals surface area contributed by atoms with Gasteiger partial charge in [-0.1, -0.05) is 147 Å². The highest BCUT2D eigenvalue weighted by atomic mass is 15.1. The summed E-state index contributed by atoms with van der Waals surface area (Å²) in [5.74, 6) is 0.210. The van der Waals surface area contributed by atoms with Crippen molar-refractivity contribution in [2.45, 2.75) is 12.3 Å². The molecule has 57 heavy (non-hydrogen) atoms. The maximum Gasteiger partial charge on any atom is 0.0621 e. The van der Waals surface area contributed by atoms with E-state index >= 15 is 0 Å². The van der Waals surface area contributed by atoms with Gasteiger partial charge in [0, 0.05) is 60.8 Å². The van der Waals surface area contributed by atoms with E-state index in [1.165, 1.54) is 55.3 Å². The van der Waals surface area contributed by atoms with Crippen LogP contribution in [0.1, 0.15) is 23.6 Å². The molecule has 3 heterocycles. The van der Waals surface area contributed by atoms with Crippen LogP contribution in [0.2, 0.25) is 0 Å². The maximum absolute atomic E-state index is 4.57. The molecule has 272 valence electrons. The minimum Gasteiger partial charge on any atom is -0.310 e. The fraction of sp³-hybridized carbons (Fsp3) is 0.0370. The van der Waals surface area contributed by atoms with E-state index in [4.69, 9.17) is 0 Å². The number of hydrogen-bond acceptors (Lipinski definition) is 1. The van der Waals surface area contributed by atoms with Crippen LogP contribution in [0.4, 0.5) is 11.4 Å². The van der Waals surface area contributed by atoms with Crippen LogP contribution in [0.15, 0.2) is 201 Å². The number of hydrogen-bond donors (Lipinski definition) is 0. The molecule has 0 saturated carbocycles. The molecule has 0 aliphatic heterocycles. The number of benzene rings is 6. The van der Waals surface area contributed by atoms with Gasteiger partial charge in [0.1, 0.15) is 0 Å². The summed E-state index contributed by atoms with van der Waals surface area (Å²) in [6, 6.07) is 52.1. The number of para-hydroxylation sites is 3. The van der Waals surface area contributed by atoms with Gasteiger partial charge in [-0.2, -0.15) is 0 Å². The summed E-state index contributed by atoms with van der Waals surface area (Å²) in [4.78, 5) is 2.33. The van der Waals surface area contributed by atoms with Crippen LogP contribution in [-0.4, -0.2) is 8.97 Å². The molecule has 3 aromatic heterocycles. The molecule has 3 nitrogen and oxygen atoms in total. The Bertz CT molecular complexity index is 3190. The zero-order chi connectivity index (χ0) is 38.5. The van der Waals surface area contributed by atoms with Crippen molar-refractivity contribution in [3.05, 3.63) is 223 Å². The van der Waals surface area contributed by atoms with E-state index in [1.807, 2.05) is 12.2 Å². The molecule has 3 heteroatoms. The van der Waals surface area contributed by atoms with Gasteiger partial charge in [0.2, 0.25) is 0 Å². The van der Waals surface area contributed by atoms with Crippen molar-refractivity contribution in [1.82, 2.24) is 8.97 Å². The molecule has 1 aliphatic carbocycles. The summed E-state index contributed by atoms with van der Waals surface area (Å²) in [5, 5.41) is 6.87. The van der Waals surface area contributed by atoms with E-state index in [9.17, 15) is 0 Å². The van der Waals surface area contributed by atoms with Gasteiger partial charge in [-0.15, -0.1) is 0 Å². The predicted octanol–water partition coefficient (Wildman–Crippen LogP) is 12.6. The van der Waals surface area contributed by atoms with Gasteiger partial charge >= 0.3 is 0 Å². The van der Waals surface area contributed by atoms with Gasteiger partial charge in [-0.25, -0.2) is 0 Å². The molecule has 9 aromatic rings. The summed E-state index contributed by atoms with van der Waals surface area (Å²) < 4.78 is 4.70. The first-order valence-corrected chi connectivity index (χ1v) is 19.6. The van der Waals surface area contributed by atoms with Gasteiger partial charge in [-0.05, 0) is 89.9 Å². The number of fused-ring (bicyclic) bond motifs is 6. The van der Waals surface area contributed by atoms with E-state index in [-0.39, 0.29) is 5.92 Å². The molecule has 6 aromatic carbocycles. The maximum atomic E-state index is 4.57. The number of nitrogens with zero attached hydrogens (tertiary/aromatic N) is 3. The third-order valence-corrected chi connectivity index (χ3v) is 11.5. The van der Waals surface area contributed by atoms with Gasteiger partial charge < -0.3 is 13.9 Å². The van der Waals surface area contributed by atoms with Crippen LogP contribution in [-0.2, 0) is 0 Å². The first-order chi connectivity index (χ1) is 28.1. The van der Waals surface area contributed by atoms with Crippen LogP contribution in [0.5, 0.6) is 0 Å². The highest BCUT2D eigenvalue weighted by Gasteiger charge is 2.24. The Morgan fingerprint density at radius 1 is 0.667 bits per heavy atom. The van der Waals surface area contributed by atoms with Crippen LogP contribution in [0.25, 0.3) is 73.6 Å². The standard InChI is InChI=1S/C54H41N3/c1-4-18-45-37(3)55-50-28-14-12-26-46(50)49-36-44(35-48(45)54(49)55)56(43-33-31-39(32-34-43)38-19-8-6-9-20-38)41(5-2)25-16-21-40-22-17-30-52-53(40)47-27-13-15-29-51(47)57(52)42-23-10-7-11-24-42/h4-21,23-36,40H,1-3,22H2. The minimum absolute atomic E-state index is 0.210. The molecule has 10 rings (SSSR count). The summed E-state index contributed by atoms with van der Waals surface area (Å²) >= 11 is 0. The van der Waals surface area contributed by atoms with E-state index in [1.54, 1.807) is 0 Å². The van der Waals surface area contributed by atoms with Crippen molar-refractivity contribution >= 4 is 68.2 Å². The topological polar surface area (TPSA) is 12.6 Å². The molecule has 0 bridgehead atoms. The Morgan fingerprint density at radius 2 is 1.33 bits per heavy atom. The predicted molar refractivity (Wildman–Crippen MR) is 244 cm³/mol. The van der Waals surface area contributed by atoms with Crippen molar-refractivity contribution in [2.24, 2.45) is 0 Å². The minimum atomic E-state index is 0.210. The molecule has 0 N–H and O–H groups in total. The molecular weight excluding hydrogens is 691 g/mol. The molecule has 1 atom stereocenters. The second kappa shape index (κ2) is 14.1. The quantitative estimate of drug-likeness (QED) is 0.135. The molecule has 1 aliphatic rings. The number of aromatic nitrogens is 2. The molecule has 0 spiro atoms. The lowest BCUT2D eigenvalue weighted by atomic mass is 9.88. The monoisotopic (exact) mass is 731 g/mol. The Hall–Kier alpha value is -7.36. The van der Waals surface area contributed by atoms with Crippen molar-refractivity contribution < 1.29 is 0 Å². The third-order valence-electron chi connectivity index (χ3n) is 11.5. The lowest BCUT2D eigenvalue weighted by Crippen LogP contribution is -2.23. The SMILES string of the molecule is C=CC=c1c(=C)n2c3ccccc3c3cc(N(C(C=C)=CC=CC4CC=Cc5c4c4ccccc4n5-c4ccccc4)c4ccc(-c5ccccc5)cc4)cc1c32. The summed E-state index contributed by atoms with van der Waals surface area (Å²) in [5.41, 5.74) is 12.8. The largest absolute Gasteiger partial charge is 0.310 e. The molecule has 0 amide bonds. The molecule has 0 radical (unpaired) electrons. The zero-order valence-corrected chi connectivity index (χ0v) is 31.7. The number of anilines is 2. The lowest BCUT2D eigenvalue weighted by Gasteiger charge is -2.27. The lowest BCUT2D eigenvalue weighted by molar-refractivity contribution is 0.850. The Morgan fingerprint density at radius 3 is 2.09 bits per heavy atom. The second-order valence-electron chi connectivity index (χ2n) is 14.7. The Balaban J connectivity index is 1.13. The van der Waals surface area contributed by atoms with Crippen LogP contribution in [0.3, 0.4) is 0 Å². The van der Waals surface area contributed by atoms with Gasteiger partial charge in [0.15, 0.2) is 0 Å². The van der Waals surface area contributed by atoms with Crippen LogP contribution < -0.4 is 15.5 Å². The zero-order valence-electron chi connectivity index (χ0n) is 31.7. The fourth-order valence-corrected chi connectivity index (χ4v) is 8.99. The van der Waals surface area contributed by atoms with Gasteiger partial charge in [0.25, 0.3) is 0 Å². The molecule has 1 unspecified atom stereocenters. The van der Waals surface area contributed by atoms with Crippen molar-refractivity contribution in [2.75, 3.05) is 4.90 Å². The Kier molecular flexibility index (Phi) is 8.42. The van der Waals surface area contributed by atoms with Gasteiger partial charge in [-0.3, -0.25) is 0 Å². The van der Waals surface area contributed by atoms with Crippen LogP contribution >= 0.6 is 0 Å². The molecular formula is C54H41N3. The van der Waals surface area contributed by atoms with E-state index in [0.29, 0.717) is 0 Å². The summed E-state index contributed by atoms with van der Waals surface area (Å²) in [7, 11) is 0. The highest BCUT2D eigenvalue weighted by molar-refractivity contribution is 6.16. The van der Waals surface area contributed by atoms with Gasteiger partial charge in [0.05, 0.1) is 22.2 Å². The van der Waals surface area contributed by atoms with E-state index in [0.717, 1.165) is 45.0 Å². The number of rotatable bonds is 9. The fourth-order valence-electron chi connectivity index (χ4n) is 8.99. The van der Waals surface area contributed by atoms with E-state index < -0.39 is 0 Å². The summed E-state index contributed by atoms with van der Waals surface area (Å²) in [6.07, 6.45) is 18.2. The second-order valence-corrected chi connectivity index (χ2v) is 14.7. The highest BCUT2D eigenvalue weighted by Crippen LogP contribution is 2.42. The van der Waals surface area contributed by atoms with E-state index in [2.05, 4.69) is 216 Å². The van der Waals surface area contributed by atoms with Crippen molar-refractivity contribution in [1.29, 1.82) is 0 Å². The Labute approximate surface area is 332 Å². The summed E-state index contributed by atoms with van der Waals surface area (Å²) in [6.45, 7) is 13.0.